The number of hydrogen-bond donors (Lipinski definition) is 2. The van der Waals surface area contributed by atoms with Crippen molar-refractivity contribution >= 4 is 66.8 Å². The van der Waals surface area contributed by atoms with Gasteiger partial charge in [-0.15, -0.1) is 0 Å². The van der Waals surface area contributed by atoms with Crippen LogP contribution in [-0.2, 0) is 0 Å². The molecule has 4 heterocycles. The van der Waals surface area contributed by atoms with Crippen LogP contribution in [0.25, 0.3) is 66.8 Å². The largest absolute Gasteiger partial charge is 0.339 e. The Kier molecular flexibility index (Phi) is 3.29. The summed E-state index contributed by atoms with van der Waals surface area (Å²) in [7, 11) is 0. The minimum Gasteiger partial charge on any atom is -0.339 e. The van der Waals surface area contributed by atoms with Crippen LogP contribution >= 0.6 is 0 Å². The SMILES string of the molecule is C=C/C=c1\c(=C/C)[nH]c2c3ccc4c5c(ccc(c(=O)n12)c35)c(=O)n1c2ccccc2[nH]c41. The zero-order chi connectivity index (χ0) is 22.4. The molecule has 0 radical (unpaired) electrons. The fraction of sp³-hybridized carbons (Fsp3) is 0.0370. The molecule has 0 fully saturated rings. The van der Waals surface area contributed by atoms with Gasteiger partial charge in [-0.05, 0) is 49.4 Å². The highest BCUT2D eigenvalue weighted by molar-refractivity contribution is 6.27. The van der Waals surface area contributed by atoms with Gasteiger partial charge in [-0.3, -0.25) is 18.4 Å². The summed E-state index contributed by atoms with van der Waals surface area (Å²) in [6, 6.07) is 15.4. The quantitative estimate of drug-likeness (QED) is 0.392. The topological polar surface area (TPSA) is 74.5 Å². The van der Waals surface area contributed by atoms with E-state index in [1.54, 1.807) is 27.0 Å². The maximum Gasteiger partial charge on any atom is 0.264 e. The Balaban J connectivity index is 1.85. The third kappa shape index (κ3) is 2.03. The van der Waals surface area contributed by atoms with Crippen LogP contribution in [0.3, 0.4) is 0 Å². The van der Waals surface area contributed by atoms with Gasteiger partial charge in [-0.1, -0.05) is 30.9 Å². The van der Waals surface area contributed by atoms with E-state index in [2.05, 4.69) is 16.5 Å². The minimum atomic E-state index is -0.124. The van der Waals surface area contributed by atoms with Gasteiger partial charge in [-0.25, -0.2) is 0 Å². The van der Waals surface area contributed by atoms with E-state index < -0.39 is 0 Å². The first kappa shape index (κ1) is 18.0. The summed E-state index contributed by atoms with van der Waals surface area (Å²) in [5.41, 5.74) is 2.95. The van der Waals surface area contributed by atoms with Crippen LogP contribution in [0.4, 0.5) is 0 Å². The molecule has 0 atom stereocenters. The molecule has 4 aromatic heterocycles. The van der Waals surface area contributed by atoms with Gasteiger partial charge in [0, 0.05) is 32.3 Å². The third-order valence-electron chi connectivity index (χ3n) is 6.72. The van der Waals surface area contributed by atoms with E-state index in [4.69, 9.17) is 0 Å². The molecule has 0 aliphatic carbocycles. The number of pyridine rings is 2. The molecule has 6 heteroatoms. The molecule has 33 heavy (non-hydrogen) atoms. The second-order valence-corrected chi connectivity index (χ2v) is 8.31. The van der Waals surface area contributed by atoms with Crippen molar-refractivity contribution in [1.29, 1.82) is 0 Å². The number of nitrogens with one attached hydrogen (secondary N) is 2. The summed E-state index contributed by atoms with van der Waals surface area (Å²) in [5.74, 6) is 0. The molecule has 0 saturated carbocycles. The van der Waals surface area contributed by atoms with E-state index in [1.165, 1.54) is 0 Å². The number of hydrogen-bond acceptors (Lipinski definition) is 2. The van der Waals surface area contributed by atoms with Crippen molar-refractivity contribution in [2.75, 3.05) is 0 Å². The van der Waals surface area contributed by atoms with Crippen LogP contribution in [0.5, 0.6) is 0 Å². The van der Waals surface area contributed by atoms with Crippen LogP contribution in [0.1, 0.15) is 6.92 Å². The van der Waals surface area contributed by atoms with Crippen LogP contribution in [0.15, 0.2) is 70.8 Å². The van der Waals surface area contributed by atoms with Crippen molar-refractivity contribution in [2.24, 2.45) is 0 Å². The Morgan fingerprint density at radius 1 is 0.788 bits per heavy atom. The van der Waals surface area contributed by atoms with Crippen LogP contribution in [0.2, 0.25) is 0 Å². The fourth-order valence-electron chi connectivity index (χ4n) is 5.35. The standard InChI is InChI=1S/C27H18N4O2/c1-3-7-20-18(4-2)28-24-14-10-11-15-23-17(13-12-16(22(14)23)26(32)30(20)24)27(33)31-21-9-6-5-8-19(21)29-25(15)31/h3-13,28-29H,1H2,2H3/b18-4+,20-7+. The number of rotatable bonds is 1. The first-order valence-corrected chi connectivity index (χ1v) is 10.8. The van der Waals surface area contributed by atoms with E-state index in [9.17, 15) is 9.59 Å². The number of fused-ring (bicyclic) bond motifs is 6. The molecular weight excluding hydrogens is 412 g/mol. The number of benzene rings is 3. The molecule has 6 nitrogen and oxygen atoms in total. The predicted molar refractivity (Wildman–Crippen MR) is 135 cm³/mol. The third-order valence-corrected chi connectivity index (χ3v) is 6.72. The highest BCUT2D eigenvalue weighted by Gasteiger charge is 2.20. The van der Waals surface area contributed by atoms with E-state index in [0.29, 0.717) is 16.4 Å². The number of allylic oxidation sites excluding steroid dienone is 1. The second kappa shape index (κ2) is 6.01. The lowest BCUT2D eigenvalue weighted by Crippen LogP contribution is -2.32. The normalized spacial score (nSPS) is 13.7. The molecule has 0 spiro atoms. The Labute approximate surface area is 185 Å². The molecule has 158 valence electrons. The number of nitrogens with zero attached hydrogens (tertiary/aromatic N) is 2. The van der Waals surface area contributed by atoms with E-state index in [-0.39, 0.29) is 11.1 Å². The van der Waals surface area contributed by atoms with Gasteiger partial charge in [0.05, 0.1) is 21.7 Å². The Hall–Kier alpha value is -4.58. The zero-order valence-electron chi connectivity index (χ0n) is 17.8. The smallest absolute Gasteiger partial charge is 0.264 e. The molecule has 0 amide bonds. The number of aromatic nitrogens is 4. The summed E-state index contributed by atoms with van der Waals surface area (Å²) < 4.78 is 3.43. The molecule has 0 saturated heterocycles. The van der Waals surface area contributed by atoms with E-state index >= 15 is 0 Å². The lowest BCUT2D eigenvalue weighted by atomic mass is 9.96. The minimum absolute atomic E-state index is 0.0979. The Bertz CT molecular complexity index is 2200. The molecule has 0 aliphatic heterocycles. The highest BCUT2D eigenvalue weighted by Crippen LogP contribution is 2.35. The van der Waals surface area contributed by atoms with Crippen LogP contribution in [-0.4, -0.2) is 18.8 Å². The van der Waals surface area contributed by atoms with Crippen LogP contribution in [0, 0.1) is 0 Å². The summed E-state index contributed by atoms with van der Waals surface area (Å²) in [4.78, 5) is 34.2. The van der Waals surface area contributed by atoms with Gasteiger partial charge in [0.2, 0.25) is 0 Å². The predicted octanol–water partition coefficient (Wildman–Crippen LogP) is 3.39. The van der Waals surface area contributed by atoms with Crippen LogP contribution < -0.4 is 21.8 Å². The van der Waals surface area contributed by atoms with E-state index in [0.717, 1.165) is 48.9 Å². The fourth-order valence-corrected chi connectivity index (χ4v) is 5.35. The number of H-pyrrole nitrogens is 2. The summed E-state index contributed by atoms with van der Waals surface area (Å²) in [5, 5.41) is 6.22. The molecular formula is C27H18N4O2. The van der Waals surface area contributed by atoms with Crippen molar-refractivity contribution in [3.05, 3.63) is 92.6 Å². The zero-order valence-corrected chi connectivity index (χ0v) is 17.8. The molecule has 0 unspecified atom stereocenters. The second-order valence-electron chi connectivity index (χ2n) is 8.31. The van der Waals surface area contributed by atoms with Gasteiger partial charge in [-0.2, -0.15) is 0 Å². The summed E-state index contributed by atoms with van der Waals surface area (Å²) in [6.45, 7) is 5.74. The average molecular weight is 430 g/mol. The van der Waals surface area contributed by atoms with Gasteiger partial charge >= 0.3 is 0 Å². The lowest BCUT2D eigenvalue weighted by Gasteiger charge is -2.12. The summed E-state index contributed by atoms with van der Waals surface area (Å²) >= 11 is 0. The van der Waals surface area contributed by atoms with Gasteiger partial charge < -0.3 is 9.97 Å². The number of imidazole rings is 2. The van der Waals surface area contributed by atoms with Crippen molar-refractivity contribution < 1.29 is 0 Å². The van der Waals surface area contributed by atoms with E-state index in [1.807, 2.05) is 55.5 Å². The first-order chi connectivity index (χ1) is 16.1. The maximum absolute atomic E-state index is 13.7. The molecule has 7 aromatic rings. The van der Waals surface area contributed by atoms with Crippen molar-refractivity contribution in [3.63, 3.8) is 0 Å². The summed E-state index contributed by atoms with van der Waals surface area (Å²) in [6.07, 6.45) is 5.45. The van der Waals surface area contributed by atoms with Crippen molar-refractivity contribution in [1.82, 2.24) is 18.8 Å². The molecule has 0 bridgehead atoms. The average Bonchev–Trinajstić information content (AvgIpc) is 3.40. The van der Waals surface area contributed by atoms with Gasteiger partial charge in [0.1, 0.15) is 11.3 Å². The molecule has 7 rings (SSSR count). The Morgan fingerprint density at radius 3 is 2.06 bits per heavy atom. The van der Waals surface area contributed by atoms with Gasteiger partial charge in [0.15, 0.2) is 0 Å². The molecule has 2 N–H and O–H groups in total. The lowest BCUT2D eigenvalue weighted by molar-refractivity contribution is 1.10. The number of para-hydroxylation sites is 2. The Morgan fingerprint density at radius 2 is 1.39 bits per heavy atom. The van der Waals surface area contributed by atoms with Crippen molar-refractivity contribution in [2.45, 2.75) is 6.92 Å². The maximum atomic E-state index is 13.7. The first-order valence-electron chi connectivity index (χ1n) is 10.8. The number of aromatic amines is 2. The molecule has 3 aromatic carbocycles. The molecule has 0 aliphatic rings. The monoisotopic (exact) mass is 430 g/mol. The highest BCUT2D eigenvalue weighted by atomic mass is 16.1. The van der Waals surface area contributed by atoms with Crippen molar-refractivity contribution in [3.8, 4) is 0 Å². The van der Waals surface area contributed by atoms with Gasteiger partial charge in [0.25, 0.3) is 11.1 Å².